The summed E-state index contributed by atoms with van der Waals surface area (Å²) in [5, 5.41) is 11.6. The number of ether oxygens (including phenoxy) is 1. The van der Waals surface area contributed by atoms with Crippen LogP contribution in [0.15, 0.2) is 95.9 Å². The van der Waals surface area contributed by atoms with Crippen LogP contribution in [0.2, 0.25) is 0 Å². The van der Waals surface area contributed by atoms with E-state index in [0.29, 0.717) is 6.61 Å². The van der Waals surface area contributed by atoms with E-state index in [4.69, 9.17) is 4.74 Å². The predicted octanol–water partition coefficient (Wildman–Crippen LogP) is 5.47. The van der Waals surface area contributed by atoms with Crippen molar-refractivity contribution >= 4 is 26.8 Å². The standard InChI is InChI=1S/C28H27NO5S/c1-19(2)27(28(30)31)29-35(32,33)26-15-12-23(13-16-26)22-9-7-20(8-10-22)18-34-25-14-11-21-5-3-4-6-24(21)17-25/h3-17,19,27,29H,18H2,1-2H3,(H,30,31)/t27-/m1/s1. The van der Waals surface area contributed by atoms with E-state index in [2.05, 4.69) is 16.9 Å². The maximum atomic E-state index is 12.6. The first kappa shape index (κ1) is 24.4. The second-order valence-corrected chi connectivity index (χ2v) is 10.4. The van der Waals surface area contributed by atoms with Crippen molar-refractivity contribution < 1.29 is 23.1 Å². The molecule has 4 aromatic carbocycles. The van der Waals surface area contributed by atoms with Gasteiger partial charge in [-0.2, -0.15) is 4.72 Å². The van der Waals surface area contributed by atoms with E-state index in [9.17, 15) is 18.3 Å². The zero-order chi connectivity index (χ0) is 25.0. The molecule has 0 unspecified atom stereocenters. The monoisotopic (exact) mass is 489 g/mol. The highest BCUT2D eigenvalue weighted by Gasteiger charge is 2.27. The molecule has 0 saturated heterocycles. The molecule has 0 heterocycles. The molecule has 0 bridgehead atoms. The third kappa shape index (κ3) is 5.88. The van der Waals surface area contributed by atoms with Crippen molar-refractivity contribution in [3.8, 4) is 16.9 Å². The van der Waals surface area contributed by atoms with E-state index in [0.717, 1.165) is 27.8 Å². The number of rotatable bonds is 9. The van der Waals surface area contributed by atoms with Crippen molar-refractivity contribution in [2.45, 2.75) is 31.4 Å². The zero-order valence-electron chi connectivity index (χ0n) is 19.5. The predicted molar refractivity (Wildman–Crippen MR) is 137 cm³/mol. The molecule has 0 saturated carbocycles. The van der Waals surface area contributed by atoms with Gasteiger partial charge < -0.3 is 9.84 Å². The van der Waals surface area contributed by atoms with Gasteiger partial charge in [0.1, 0.15) is 18.4 Å². The Morgan fingerprint density at radius 2 is 1.46 bits per heavy atom. The Balaban J connectivity index is 1.42. The molecule has 0 spiro atoms. The highest BCUT2D eigenvalue weighted by molar-refractivity contribution is 7.89. The normalized spacial score (nSPS) is 12.5. The Hall–Kier alpha value is -3.68. The van der Waals surface area contributed by atoms with Crippen LogP contribution in [0.25, 0.3) is 21.9 Å². The molecule has 2 N–H and O–H groups in total. The number of benzene rings is 4. The number of carboxylic acids is 1. The van der Waals surface area contributed by atoms with Gasteiger partial charge in [0.15, 0.2) is 0 Å². The van der Waals surface area contributed by atoms with E-state index in [1.165, 1.54) is 17.5 Å². The molecule has 0 radical (unpaired) electrons. The van der Waals surface area contributed by atoms with Crippen molar-refractivity contribution in [2.75, 3.05) is 0 Å². The zero-order valence-corrected chi connectivity index (χ0v) is 20.3. The Kier molecular flexibility index (Phi) is 7.19. The summed E-state index contributed by atoms with van der Waals surface area (Å²) >= 11 is 0. The molecule has 35 heavy (non-hydrogen) atoms. The number of sulfonamides is 1. The Labute approximate surface area is 205 Å². The van der Waals surface area contributed by atoms with Crippen LogP contribution in [0.4, 0.5) is 0 Å². The van der Waals surface area contributed by atoms with Crippen LogP contribution in [-0.2, 0) is 21.4 Å². The van der Waals surface area contributed by atoms with E-state index in [-0.39, 0.29) is 10.8 Å². The first-order valence-corrected chi connectivity index (χ1v) is 12.8. The largest absolute Gasteiger partial charge is 0.489 e. The van der Waals surface area contributed by atoms with Crippen LogP contribution in [0.5, 0.6) is 5.75 Å². The van der Waals surface area contributed by atoms with Gasteiger partial charge in [-0.15, -0.1) is 0 Å². The lowest BCUT2D eigenvalue weighted by atomic mass is 10.0. The maximum absolute atomic E-state index is 12.6. The van der Waals surface area contributed by atoms with Crippen molar-refractivity contribution in [1.82, 2.24) is 4.72 Å². The van der Waals surface area contributed by atoms with Crippen molar-refractivity contribution in [3.63, 3.8) is 0 Å². The van der Waals surface area contributed by atoms with Crippen LogP contribution >= 0.6 is 0 Å². The third-order valence-electron chi connectivity index (χ3n) is 5.79. The Morgan fingerprint density at radius 3 is 2.06 bits per heavy atom. The molecule has 0 amide bonds. The highest BCUT2D eigenvalue weighted by Crippen LogP contribution is 2.24. The summed E-state index contributed by atoms with van der Waals surface area (Å²) in [7, 11) is -3.95. The van der Waals surface area contributed by atoms with E-state index in [1.807, 2.05) is 54.6 Å². The Bertz CT molecular complexity index is 1430. The quantitative estimate of drug-likeness (QED) is 0.325. The molecule has 0 aliphatic heterocycles. The number of carboxylic acid groups (broad SMARTS) is 1. The van der Waals surface area contributed by atoms with E-state index < -0.39 is 22.0 Å². The minimum absolute atomic E-state index is 0.0218. The smallest absolute Gasteiger partial charge is 0.322 e. The number of carbonyl (C=O) groups is 1. The third-order valence-corrected chi connectivity index (χ3v) is 7.25. The fourth-order valence-corrected chi connectivity index (χ4v) is 5.09. The second-order valence-electron chi connectivity index (χ2n) is 8.70. The molecular formula is C28H27NO5S. The van der Waals surface area contributed by atoms with Crippen LogP contribution in [-0.4, -0.2) is 25.5 Å². The average molecular weight is 490 g/mol. The summed E-state index contributed by atoms with van der Waals surface area (Å²) in [5.41, 5.74) is 2.80. The molecule has 0 fully saturated rings. The van der Waals surface area contributed by atoms with Gasteiger partial charge in [0.25, 0.3) is 0 Å². The summed E-state index contributed by atoms with van der Waals surface area (Å²) in [6.45, 7) is 3.74. The highest BCUT2D eigenvalue weighted by atomic mass is 32.2. The van der Waals surface area contributed by atoms with Crippen molar-refractivity contribution in [2.24, 2.45) is 5.92 Å². The molecule has 0 aliphatic rings. The summed E-state index contributed by atoms with van der Waals surface area (Å²) in [6.07, 6.45) is 0. The maximum Gasteiger partial charge on any atom is 0.322 e. The van der Waals surface area contributed by atoms with Crippen LogP contribution < -0.4 is 9.46 Å². The van der Waals surface area contributed by atoms with Crippen LogP contribution in [0.1, 0.15) is 19.4 Å². The van der Waals surface area contributed by atoms with Crippen LogP contribution in [0.3, 0.4) is 0 Å². The minimum atomic E-state index is -3.95. The van der Waals surface area contributed by atoms with Gasteiger partial charge in [-0.25, -0.2) is 8.42 Å². The van der Waals surface area contributed by atoms with Gasteiger partial charge in [0, 0.05) is 0 Å². The number of hydrogen-bond donors (Lipinski definition) is 2. The molecule has 4 aromatic rings. The van der Waals surface area contributed by atoms with Gasteiger partial charge in [-0.05, 0) is 57.6 Å². The SMILES string of the molecule is CC(C)[C@@H](NS(=O)(=O)c1ccc(-c2ccc(COc3ccc4ccccc4c3)cc2)cc1)C(=O)O. The summed E-state index contributed by atoms with van der Waals surface area (Å²) in [6, 6.07) is 27.2. The van der Waals surface area contributed by atoms with Gasteiger partial charge in [0.05, 0.1) is 4.90 Å². The van der Waals surface area contributed by atoms with Crippen molar-refractivity contribution in [1.29, 1.82) is 0 Å². The minimum Gasteiger partial charge on any atom is -0.489 e. The lowest BCUT2D eigenvalue weighted by molar-refractivity contribution is -0.140. The van der Waals surface area contributed by atoms with Gasteiger partial charge >= 0.3 is 5.97 Å². The number of fused-ring (bicyclic) bond motifs is 1. The Morgan fingerprint density at radius 1 is 0.857 bits per heavy atom. The fraction of sp³-hybridized carbons (Fsp3) is 0.179. The number of hydrogen-bond acceptors (Lipinski definition) is 4. The van der Waals surface area contributed by atoms with E-state index >= 15 is 0 Å². The molecule has 0 aliphatic carbocycles. The number of nitrogens with one attached hydrogen (secondary N) is 1. The summed E-state index contributed by atoms with van der Waals surface area (Å²) in [4.78, 5) is 11.4. The van der Waals surface area contributed by atoms with Gasteiger partial charge in [-0.1, -0.05) is 80.6 Å². The van der Waals surface area contributed by atoms with Crippen LogP contribution in [0, 0.1) is 5.92 Å². The lowest BCUT2D eigenvalue weighted by Gasteiger charge is -2.18. The fourth-order valence-electron chi connectivity index (χ4n) is 3.75. The topological polar surface area (TPSA) is 92.7 Å². The first-order valence-electron chi connectivity index (χ1n) is 11.3. The van der Waals surface area contributed by atoms with Crippen molar-refractivity contribution in [3.05, 3.63) is 96.6 Å². The first-order chi connectivity index (χ1) is 16.7. The van der Waals surface area contributed by atoms with Gasteiger partial charge in [0.2, 0.25) is 10.0 Å². The molecule has 4 rings (SSSR count). The molecule has 1 atom stereocenters. The van der Waals surface area contributed by atoms with E-state index in [1.54, 1.807) is 26.0 Å². The summed E-state index contributed by atoms with van der Waals surface area (Å²) < 4.78 is 33.5. The molecular weight excluding hydrogens is 462 g/mol. The van der Waals surface area contributed by atoms with Gasteiger partial charge in [-0.3, -0.25) is 4.79 Å². The average Bonchev–Trinajstić information content (AvgIpc) is 2.86. The lowest BCUT2D eigenvalue weighted by Crippen LogP contribution is -2.44. The molecule has 6 nitrogen and oxygen atoms in total. The molecule has 180 valence electrons. The second kappa shape index (κ2) is 10.3. The summed E-state index contributed by atoms with van der Waals surface area (Å²) in [5.74, 6) is -0.782. The molecule has 7 heteroatoms. The number of aliphatic carboxylic acids is 1. The molecule has 0 aromatic heterocycles.